The quantitative estimate of drug-likeness (QED) is 0.413. The summed E-state index contributed by atoms with van der Waals surface area (Å²) in [4.78, 5) is 43.9. The second kappa shape index (κ2) is 10.6. The van der Waals surface area contributed by atoms with Crippen LogP contribution in [0.4, 0.5) is 5.69 Å². The predicted octanol–water partition coefficient (Wildman–Crippen LogP) is 4.15. The van der Waals surface area contributed by atoms with Crippen LogP contribution in [-0.2, 0) is 0 Å². The average Bonchev–Trinajstić information content (AvgIpc) is 2.95. The lowest BCUT2D eigenvalue weighted by atomic mass is 9.83. The first-order valence-corrected chi connectivity index (χ1v) is 12.8. The van der Waals surface area contributed by atoms with Gasteiger partial charge in [0, 0.05) is 54.0 Å². The molecule has 0 radical (unpaired) electrons. The molecule has 3 aromatic carbocycles. The lowest BCUT2D eigenvalue weighted by molar-refractivity contribution is 0.0823. The number of anilines is 1. The van der Waals surface area contributed by atoms with Gasteiger partial charge in [0.05, 0.1) is 19.0 Å². The van der Waals surface area contributed by atoms with E-state index < -0.39 is 0 Å². The highest BCUT2D eigenvalue weighted by molar-refractivity contribution is 6.28. The summed E-state index contributed by atoms with van der Waals surface area (Å²) in [5.74, 6) is 0.205. The minimum atomic E-state index is -0.243. The normalized spacial score (nSPS) is 16.1. The summed E-state index contributed by atoms with van der Waals surface area (Å²) in [6.07, 6.45) is 1.62. The van der Waals surface area contributed by atoms with Crippen molar-refractivity contribution in [2.75, 3.05) is 38.2 Å². The smallest absolute Gasteiger partial charge is 0.252 e. The van der Waals surface area contributed by atoms with Crippen molar-refractivity contribution in [2.24, 2.45) is 0 Å². The fourth-order valence-corrected chi connectivity index (χ4v) is 5.26. The van der Waals surface area contributed by atoms with Gasteiger partial charge in [-0.2, -0.15) is 0 Å². The third-order valence-electron chi connectivity index (χ3n) is 7.23. The fraction of sp³-hybridized carbons (Fsp3) is 0.300. The van der Waals surface area contributed by atoms with Gasteiger partial charge in [0.2, 0.25) is 0 Å². The number of hydrogen-bond donors (Lipinski definition) is 1. The van der Waals surface area contributed by atoms with Crippen LogP contribution in [0.1, 0.15) is 62.0 Å². The van der Waals surface area contributed by atoms with Gasteiger partial charge in [-0.1, -0.05) is 49.7 Å². The molecule has 190 valence electrons. The molecule has 1 atom stereocenters. The minimum Gasteiger partial charge on any atom is -0.495 e. The summed E-state index contributed by atoms with van der Waals surface area (Å²) >= 11 is 0. The molecule has 0 aromatic heterocycles. The van der Waals surface area contributed by atoms with Crippen LogP contribution in [-0.4, -0.2) is 61.8 Å². The molecule has 1 aliphatic heterocycles. The van der Waals surface area contributed by atoms with E-state index in [1.807, 2.05) is 18.2 Å². The Bertz CT molecular complexity index is 1340. The Kier molecular flexibility index (Phi) is 7.06. The molecule has 1 amide bonds. The second-order valence-electron chi connectivity index (χ2n) is 9.44. The van der Waals surface area contributed by atoms with Gasteiger partial charge < -0.3 is 15.0 Å². The van der Waals surface area contributed by atoms with E-state index in [9.17, 15) is 14.4 Å². The van der Waals surface area contributed by atoms with Crippen molar-refractivity contribution in [2.45, 2.75) is 25.9 Å². The summed E-state index contributed by atoms with van der Waals surface area (Å²) in [5, 5.41) is 3.18. The predicted molar refractivity (Wildman–Crippen MR) is 143 cm³/mol. The van der Waals surface area contributed by atoms with Crippen molar-refractivity contribution >= 4 is 23.2 Å². The van der Waals surface area contributed by atoms with Crippen molar-refractivity contribution in [3.8, 4) is 5.75 Å². The van der Waals surface area contributed by atoms with Gasteiger partial charge in [0.1, 0.15) is 5.75 Å². The van der Waals surface area contributed by atoms with E-state index in [0.717, 1.165) is 50.5 Å². The van der Waals surface area contributed by atoms with Crippen LogP contribution in [0.5, 0.6) is 5.75 Å². The summed E-state index contributed by atoms with van der Waals surface area (Å²) in [7, 11) is 1.69. The molecule has 7 nitrogen and oxygen atoms in total. The molecule has 0 spiro atoms. The molecule has 2 aliphatic rings. The molecule has 5 rings (SSSR count). The molecule has 1 fully saturated rings. The number of hydrogen-bond acceptors (Lipinski definition) is 6. The van der Waals surface area contributed by atoms with Gasteiger partial charge >= 0.3 is 0 Å². The molecule has 1 N–H and O–H groups in total. The van der Waals surface area contributed by atoms with Crippen molar-refractivity contribution in [3.63, 3.8) is 0 Å². The Balaban J connectivity index is 1.29. The SMILES string of the molecule is CCCC(NC(=O)c1ccc2c(c1)C(=O)c1ccccc1C2=O)N1CCN(c2ccccc2OC)CC1. The van der Waals surface area contributed by atoms with Gasteiger partial charge in [0.25, 0.3) is 5.91 Å². The van der Waals surface area contributed by atoms with Crippen molar-refractivity contribution in [3.05, 3.63) is 94.5 Å². The Morgan fingerprint density at radius 2 is 1.49 bits per heavy atom. The molecule has 0 bridgehead atoms. The highest BCUT2D eigenvalue weighted by Gasteiger charge is 2.31. The second-order valence-corrected chi connectivity index (χ2v) is 9.44. The molecule has 7 heteroatoms. The number of nitrogens with one attached hydrogen (secondary N) is 1. The molecular formula is C30H31N3O4. The number of carbonyl (C=O) groups is 3. The first kappa shape index (κ1) is 24.7. The molecule has 37 heavy (non-hydrogen) atoms. The number of methoxy groups -OCH3 is 1. The van der Waals surface area contributed by atoms with Crippen molar-refractivity contribution < 1.29 is 19.1 Å². The number of benzene rings is 3. The zero-order valence-electron chi connectivity index (χ0n) is 21.2. The molecule has 1 unspecified atom stereocenters. The van der Waals surface area contributed by atoms with Gasteiger partial charge in [-0.05, 0) is 36.8 Å². The molecule has 3 aromatic rings. The molecule has 1 aliphatic carbocycles. The lowest BCUT2D eigenvalue weighted by Crippen LogP contribution is -2.56. The maximum absolute atomic E-state index is 13.3. The van der Waals surface area contributed by atoms with Crippen LogP contribution < -0.4 is 15.0 Å². The summed E-state index contributed by atoms with van der Waals surface area (Å²) < 4.78 is 5.53. The third-order valence-corrected chi connectivity index (χ3v) is 7.23. The van der Waals surface area contributed by atoms with Crippen LogP contribution in [0.25, 0.3) is 0 Å². The zero-order chi connectivity index (χ0) is 25.9. The standard InChI is InChI=1S/C30H31N3O4/c1-3-8-27(33-17-15-32(16-18-33)25-11-6-7-12-26(25)37-2)31-30(36)20-13-14-23-24(19-20)29(35)22-10-5-4-9-21(22)28(23)34/h4-7,9-14,19,27H,3,8,15-18H2,1-2H3,(H,31,36). The van der Waals surface area contributed by atoms with Crippen LogP contribution in [0.2, 0.25) is 0 Å². The number of amides is 1. The maximum atomic E-state index is 13.3. The van der Waals surface area contributed by atoms with Crippen molar-refractivity contribution in [1.82, 2.24) is 10.2 Å². The monoisotopic (exact) mass is 497 g/mol. The van der Waals surface area contributed by atoms with Gasteiger partial charge in [-0.3, -0.25) is 19.3 Å². The maximum Gasteiger partial charge on any atom is 0.252 e. The number of rotatable bonds is 7. The summed E-state index contributed by atoms with van der Waals surface area (Å²) in [6.45, 7) is 5.36. The van der Waals surface area contributed by atoms with E-state index in [4.69, 9.17) is 4.74 Å². The number of piperazine rings is 1. The largest absolute Gasteiger partial charge is 0.495 e. The van der Waals surface area contributed by atoms with Crippen molar-refractivity contribution in [1.29, 1.82) is 0 Å². The number of nitrogens with zero attached hydrogens (tertiary/aromatic N) is 2. The summed E-state index contributed by atoms with van der Waals surface area (Å²) in [6, 6.07) is 19.6. The highest BCUT2D eigenvalue weighted by atomic mass is 16.5. The minimum absolute atomic E-state index is 0.119. The van der Waals surface area contributed by atoms with Gasteiger partial charge in [-0.15, -0.1) is 0 Å². The Labute approximate surface area is 217 Å². The topological polar surface area (TPSA) is 79.0 Å². The van der Waals surface area contributed by atoms with E-state index in [1.54, 1.807) is 49.6 Å². The van der Waals surface area contributed by atoms with Crippen LogP contribution in [0.15, 0.2) is 66.7 Å². The fourth-order valence-electron chi connectivity index (χ4n) is 5.26. The first-order chi connectivity index (χ1) is 18.0. The Morgan fingerprint density at radius 3 is 2.16 bits per heavy atom. The Morgan fingerprint density at radius 1 is 0.865 bits per heavy atom. The van der Waals surface area contributed by atoms with Gasteiger partial charge in [0.15, 0.2) is 11.6 Å². The highest BCUT2D eigenvalue weighted by Crippen LogP contribution is 2.30. The number of fused-ring (bicyclic) bond motifs is 2. The number of para-hydroxylation sites is 2. The first-order valence-electron chi connectivity index (χ1n) is 12.8. The van der Waals surface area contributed by atoms with Crippen LogP contribution >= 0.6 is 0 Å². The van der Waals surface area contributed by atoms with E-state index in [-0.39, 0.29) is 29.2 Å². The van der Waals surface area contributed by atoms with E-state index in [0.29, 0.717) is 22.3 Å². The number of ketones is 2. The van der Waals surface area contributed by atoms with Crippen LogP contribution in [0.3, 0.4) is 0 Å². The van der Waals surface area contributed by atoms with E-state index in [1.165, 1.54) is 0 Å². The number of carbonyl (C=O) groups excluding carboxylic acids is 3. The van der Waals surface area contributed by atoms with Gasteiger partial charge in [-0.25, -0.2) is 0 Å². The molecule has 1 saturated heterocycles. The zero-order valence-corrected chi connectivity index (χ0v) is 21.2. The molecular weight excluding hydrogens is 466 g/mol. The van der Waals surface area contributed by atoms with Crippen LogP contribution in [0, 0.1) is 0 Å². The average molecular weight is 498 g/mol. The van der Waals surface area contributed by atoms with E-state index >= 15 is 0 Å². The number of ether oxygens (including phenoxy) is 1. The summed E-state index contributed by atoms with van der Waals surface area (Å²) in [5.41, 5.74) is 2.89. The third kappa shape index (κ3) is 4.74. The molecule has 1 heterocycles. The molecule has 0 saturated carbocycles. The lowest BCUT2D eigenvalue weighted by Gasteiger charge is -2.40. The van der Waals surface area contributed by atoms with E-state index in [2.05, 4.69) is 28.1 Å². The Hall–Kier alpha value is -3.97.